The van der Waals surface area contributed by atoms with E-state index in [9.17, 15) is 69.2 Å². The second kappa shape index (κ2) is 68.0. The maximum absolute atomic E-state index is 11.3. The molecular weight excluding hydrogens is 1460 g/mol. The van der Waals surface area contributed by atoms with E-state index in [1.165, 1.54) is 25.2 Å². The molecule has 0 fully saturated rings. The van der Waals surface area contributed by atoms with Gasteiger partial charge in [-0.1, -0.05) is 189 Å². The van der Waals surface area contributed by atoms with Crippen LogP contribution in [0, 0.1) is 74.4 Å². The minimum absolute atomic E-state index is 0.00894. The van der Waals surface area contributed by atoms with Gasteiger partial charge in [0.15, 0.2) is 33.0 Å². The average Bonchev–Trinajstić information content (AvgIpc) is 1.02. The number of ketones is 8. The minimum atomic E-state index is -3.26. The molecule has 0 radical (unpaired) electrons. The summed E-state index contributed by atoms with van der Waals surface area (Å²) in [5, 5.41) is 15.1. The second-order valence-corrected chi connectivity index (χ2v) is 39.6. The number of likely N-dealkylation sites (N-methyl/N-ethyl adjacent to an activating group) is 1. The number of hydrogen-bond donors (Lipinski definition) is 3. The van der Waals surface area contributed by atoms with Crippen LogP contribution in [0.3, 0.4) is 0 Å². The molecule has 0 aliphatic carbocycles. The highest BCUT2D eigenvalue weighted by molar-refractivity contribution is 7.94. The smallest absolute Gasteiger partial charge is 0.244 e. The van der Waals surface area contributed by atoms with Gasteiger partial charge in [0, 0.05) is 86.4 Å². The molecule has 0 saturated heterocycles. The van der Waals surface area contributed by atoms with Gasteiger partial charge in [0.1, 0.15) is 29.8 Å². The van der Waals surface area contributed by atoms with Gasteiger partial charge in [-0.25, -0.2) is 25.9 Å². The summed E-state index contributed by atoms with van der Waals surface area (Å²) in [6.45, 7) is 89.6. The molecule has 3 N–H and O–H groups in total. The van der Waals surface area contributed by atoms with Crippen molar-refractivity contribution in [3.8, 4) is 18.4 Å². The first-order valence-electron chi connectivity index (χ1n) is 36.3. The number of sulfonamides is 1. The Hall–Kier alpha value is -6.69. The van der Waals surface area contributed by atoms with Gasteiger partial charge >= 0.3 is 0 Å². The first-order chi connectivity index (χ1) is 48.5. The number of nitrogens with one attached hydrogen (secondary N) is 3. The average molecular weight is 1620 g/mol. The summed E-state index contributed by atoms with van der Waals surface area (Å²) in [4.78, 5) is 109. The first kappa shape index (κ1) is 133. The molecule has 0 saturated carbocycles. The Morgan fingerprint density at radius 2 is 0.927 bits per heavy atom. The number of sulfone groups is 1. The maximum Gasteiger partial charge on any atom is 0.244 e. The highest BCUT2D eigenvalue weighted by Gasteiger charge is 2.22. The Bertz CT molecular complexity index is 3040. The van der Waals surface area contributed by atoms with Crippen molar-refractivity contribution in [3.63, 3.8) is 0 Å². The fraction of sp³-hybridized carbons (Fsp3) is 0.667. The Morgan fingerprint density at radius 3 is 1.03 bits per heavy atom. The van der Waals surface area contributed by atoms with E-state index < -0.39 is 32.1 Å². The lowest BCUT2D eigenvalue weighted by atomic mass is 9.88. The molecule has 0 bridgehead atoms. The van der Waals surface area contributed by atoms with Crippen LogP contribution < -0.4 is 15.4 Å². The van der Waals surface area contributed by atoms with Crippen LogP contribution in [0.25, 0.3) is 0 Å². The highest BCUT2D eigenvalue weighted by atomic mass is 35.5. The molecule has 2 amide bonds. The number of halogens is 2. The summed E-state index contributed by atoms with van der Waals surface area (Å²) in [7, 11) is -2.31. The van der Waals surface area contributed by atoms with E-state index in [1.807, 2.05) is 197 Å². The third-order valence-electron chi connectivity index (χ3n) is 11.1. The van der Waals surface area contributed by atoms with Crippen LogP contribution in [-0.2, 0) is 67.8 Å². The number of carbonyl (C=O) groups is 10. The standard InChI is InChI=1S/C10H20N2O.C9H16O.C8H14O2.C8H14O.C7H13NO.C6H13NO2S.C6H9NO.C6H10O.C6H12.C6H10.C5H9ClO.C5H9FO.C5H10O2S/c1-10(2,3)11-9(13)7-6-8-12(4)5;1-7(2)6-8(10)9(3,4)5;1-6(9)5-7(10)8(2,3)4;1-5-7(9)6-8(2,3)4;1-5-6(9)8-7(2,3)4;1-5-10(8,9)7-6(2,3)4;1-5(2)6(8)3-4-7;1-4-6(7)5(2)3;2*1-5-6(2,3)4;2*1-4(2)5(7)3-6;1-4-8(6,7)5(2)3/h6-7H,8H2,1-5H3,(H,11,13);6H,1-5H3;5H2,1-4H3;5H,1,6H2,2-4H3;5H,1H2,2-4H3,(H,8,9);5,7H,1H2,2-4H3;5H,3H2,1-2H3;4-5H,1H2,2-3H3;5H,1H2,2-4H3;1H,2-4H3;2*4H,3H2,1-2H3;4-5H,1H2,2-3H3/b7-6+;;;;;;;;;;;;. The van der Waals surface area contributed by atoms with Gasteiger partial charge in [-0.3, -0.25) is 47.9 Å². The van der Waals surface area contributed by atoms with Crippen LogP contribution in [-0.4, -0.2) is 135 Å². The molecule has 0 aliphatic heterocycles. The number of carbonyl (C=O) groups excluding carboxylic acids is 10. The Balaban J connectivity index is -0.0000000847. The topological polar surface area (TPSA) is 302 Å². The molecule has 110 heavy (non-hydrogen) atoms. The Morgan fingerprint density at radius 1 is 0.555 bits per heavy atom. The lowest BCUT2D eigenvalue weighted by Crippen LogP contribution is -2.39. The van der Waals surface area contributed by atoms with E-state index in [2.05, 4.69) is 81.5 Å². The summed E-state index contributed by atoms with van der Waals surface area (Å²) in [6, 6.07) is 1.80. The predicted octanol–water partition coefficient (Wildman–Crippen LogP) is 19.3. The van der Waals surface area contributed by atoms with Crippen molar-refractivity contribution in [1.82, 2.24) is 20.3 Å². The van der Waals surface area contributed by atoms with E-state index in [4.69, 9.17) is 23.3 Å². The van der Waals surface area contributed by atoms with E-state index in [0.29, 0.717) is 11.8 Å². The monoisotopic (exact) mass is 1620 g/mol. The van der Waals surface area contributed by atoms with E-state index in [0.717, 1.165) is 22.9 Å². The largest absolute Gasteiger partial charge is 0.348 e. The minimum Gasteiger partial charge on any atom is -0.348 e. The normalized spacial score (nSPS) is 10.9. The third kappa shape index (κ3) is 134. The molecule has 23 heteroatoms. The number of hydrogen-bond acceptors (Lipinski definition) is 16. The molecule has 0 rings (SSSR count). The fourth-order valence-electron chi connectivity index (χ4n) is 4.25. The molecule has 642 valence electrons. The predicted molar refractivity (Wildman–Crippen MR) is 467 cm³/mol. The fourth-order valence-corrected chi connectivity index (χ4v) is 5.88. The van der Waals surface area contributed by atoms with Crippen molar-refractivity contribution in [2.24, 2.45) is 50.7 Å². The number of Topliss-reactive ketones (excluding diaryl/α,β-unsaturated/α-hetero) is 5. The number of alkyl halides is 2. The van der Waals surface area contributed by atoms with Crippen LogP contribution in [0.15, 0.2) is 98.4 Å². The van der Waals surface area contributed by atoms with Crippen molar-refractivity contribution >= 4 is 89.5 Å². The SMILES string of the molecule is C#CC(C)(C)C.C=CC(=O)C(C)C.C=CC(=O)CC(C)(C)C.C=CC(=O)NC(C)(C)C.C=CC(C)(C)C.C=CS(=O)(=O)C(C)C.C=CS(=O)(=O)NC(C)(C)C.CC(=O)CC(=O)C(C)(C)C.CC(C)=CC(=O)C(C)(C)C.CC(C)C(=O)CC#N.CC(C)C(=O)CCl.CC(C)C(=O)CF.CN(C)C/C=C/C(=O)NC(C)(C)C. The summed E-state index contributed by atoms with van der Waals surface area (Å²) in [6.07, 6.45) is 16.8. The van der Waals surface area contributed by atoms with Gasteiger partial charge < -0.3 is 15.5 Å². The van der Waals surface area contributed by atoms with E-state index in [-0.39, 0.29) is 138 Å². The van der Waals surface area contributed by atoms with Crippen LogP contribution >= 0.6 is 11.6 Å². The molecule has 0 atom stereocenters. The molecule has 0 heterocycles. The van der Waals surface area contributed by atoms with Crippen molar-refractivity contribution in [2.45, 2.75) is 297 Å². The summed E-state index contributed by atoms with van der Waals surface area (Å²) in [5.41, 5.74) is 0.228. The molecule has 0 aromatic heterocycles. The quantitative estimate of drug-likeness (QED) is 0.0316. The van der Waals surface area contributed by atoms with E-state index in [1.54, 1.807) is 80.5 Å². The van der Waals surface area contributed by atoms with Crippen LogP contribution in [0.4, 0.5) is 4.39 Å². The summed E-state index contributed by atoms with van der Waals surface area (Å²) < 4.78 is 56.4. The molecule has 0 aromatic rings. The molecule has 19 nitrogen and oxygen atoms in total. The number of amides is 2. The van der Waals surface area contributed by atoms with Crippen LogP contribution in [0.1, 0.15) is 275 Å². The molecule has 0 spiro atoms. The van der Waals surface area contributed by atoms with Gasteiger partial charge in [-0.15, -0.1) is 30.5 Å². The van der Waals surface area contributed by atoms with Crippen molar-refractivity contribution in [1.29, 1.82) is 5.26 Å². The van der Waals surface area contributed by atoms with Gasteiger partial charge in [0.25, 0.3) is 0 Å². The molecule has 0 aromatic carbocycles. The van der Waals surface area contributed by atoms with Crippen LogP contribution in [0.5, 0.6) is 0 Å². The molecule has 0 unspecified atom stereocenters. The lowest BCUT2D eigenvalue weighted by Gasteiger charge is -2.19. The van der Waals surface area contributed by atoms with Gasteiger partial charge in [-0.05, 0) is 167 Å². The Kier molecular flexibility index (Phi) is 81.9. The maximum atomic E-state index is 11.3. The third-order valence-corrected chi connectivity index (χ3v) is 14.5. The Labute approximate surface area is 678 Å². The zero-order valence-electron chi connectivity index (χ0n) is 76.3. The number of nitriles is 1. The summed E-state index contributed by atoms with van der Waals surface area (Å²) >= 11 is 5.20. The van der Waals surface area contributed by atoms with Crippen LogP contribution in [0.2, 0.25) is 0 Å². The van der Waals surface area contributed by atoms with Crippen molar-refractivity contribution < 1.29 is 69.2 Å². The van der Waals surface area contributed by atoms with Gasteiger partial charge in [0.2, 0.25) is 21.8 Å². The zero-order chi connectivity index (χ0) is 92.0. The lowest BCUT2D eigenvalue weighted by molar-refractivity contribution is -0.131. The number of terminal acetylenes is 1. The highest BCUT2D eigenvalue weighted by Crippen LogP contribution is 2.19. The van der Waals surface area contributed by atoms with Crippen molar-refractivity contribution in [2.75, 3.05) is 33.2 Å². The van der Waals surface area contributed by atoms with Crippen molar-refractivity contribution in [3.05, 3.63) is 98.4 Å². The van der Waals surface area contributed by atoms with Gasteiger partial charge in [0.05, 0.1) is 30.0 Å². The molecular formula is C87H159ClFN5O14S2. The number of nitrogens with zero attached hydrogens (tertiary/aromatic N) is 2. The second-order valence-electron chi connectivity index (χ2n) is 35.2. The van der Waals surface area contributed by atoms with E-state index >= 15 is 0 Å². The molecule has 0 aliphatic rings. The zero-order valence-corrected chi connectivity index (χ0v) is 78.7. The first-order valence-corrected chi connectivity index (χ1v) is 40.0. The summed E-state index contributed by atoms with van der Waals surface area (Å²) in [5.74, 6) is 2.88. The number of allylic oxidation sites excluding steroid dienone is 5. The van der Waals surface area contributed by atoms with Gasteiger partial charge in [-0.2, -0.15) is 5.26 Å². The number of rotatable bonds is 21.